The Morgan fingerprint density at radius 1 is 1.17 bits per heavy atom. The van der Waals surface area contributed by atoms with Crippen LogP contribution in [0.4, 0.5) is 0 Å². The third kappa shape index (κ3) is 5.24. The lowest BCUT2D eigenvalue weighted by atomic mass is 9.97. The van der Waals surface area contributed by atoms with Gasteiger partial charge in [-0.3, -0.25) is 14.5 Å². The van der Waals surface area contributed by atoms with Crippen molar-refractivity contribution in [2.75, 3.05) is 39.4 Å². The molecule has 0 aliphatic carbocycles. The van der Waals surface area contributed by atoms with E-state index in [4.69, 9.17) is 9.84 Å². The topological polar surface area (TPSA) is 83.0 Å². The number of amides is 1. The summed E-state index contributed by atoms with van der Waals surface area (Å²) in [5, 5.41) is 12.0. The van der Waals surface area contributed by atoms with E-state index >= 15 is 0 Å². The SMILES string of the molecule is O=C(O)C1CCN(C(=O)Cc2csc(-c3cccc(CN4CCOCC4)c3)n2)CC1. The Balaban J connectivity index is 1.35. The van der Waals surface area contributed by atoms with E-state index in [1.807, 2.05) is 5.38 Å². The van der Waals surface area contributed by atoms with Crippen LogP contribution in [-0.4, -0.2) is 71.2 Å². The molecule has 0 spiro atoms. The van der Waals surface area contributed by atoms with Gasteiger partial charge in [-0.2, -0.15) is 0 Å². The molecule has 7 nitrogen and oxygen atoms in total. The number of aliphatic carboxylic acids is 1. The summed E-state index contributed by atoms with van der Waals surface area (Å²) in [6.07, 6.45) is 1.32. The van der Waals surface area contributed by atoms with Crippen molar-refractivity contribution in [1.29, 1.82) is 0 Å². The van der Waals surface area contributed by atoms with Crippen LogP contribution >= 0.6 is 11.3 Å². The van der Waals surface area contributed by atoms with Gasteiger partial charge in [-0.1, -0.05) is 18.2 Å². The number of aromatic nitrogens is 1. The van der Waals surface area contributed by atoms with E-state index in [0.29, 0.717) is 25.9 Å². The largest absolute Gasteiger partial charge is 0.481 e. The monoisotopic (exact) mass is 429 g/mol. The summed E-state index contributed by atoms with van der Waals surface area (Å²) in [6, 6.07) is 8.43. The molecular formula is C22H27N3O4S. The first-order valence-electron chi connectivity index (χ1n) is 10.4. The normalized spacial score (nSPS) is 18.5. The highest BCUT2D eigenvalue weighted by molar-refractivity contribution is 7.13. The van der Waals surface area contributed by atoms with Gasteiger partial charge >= 0.3 is 5.97 Å². The van der Waals surface area contributed by atoms with Gasteiger partial charge < -0.3 is 14.7 Å². The molecule has 160 valence electrons. The van der Waals surface area contributed by atoms with Crippen molar-refractivity contribution in [3.8, 4) is 10.6 Å². The predicted molar refractivity (Wildman–Crippen MR) is 114 cm³/mol. The van der Waals surface area contributed by atoms with Crippen molar-refractivity contribution >= 4 is 23.2 Å². The summed E-state index contributed by atoms with van der Waals surface area (Å²) >= 11 is 1.56. The number of morpholine rings is 1. The number of rotatable bonds is 6. The van der Waals surface area contributed by atoms with Crippen LogP contribution in [0.2, 0.25) is 0 Å². The molecular weight excluding hydrogens is 402 g/mol. The van der Waals surface area contributed by atoms with E-state index in [2.05, 4.69) is 34.1 Å². The quantitative estimate of drug-likeness (QED) is 0.760. The van der Waals surface area contributed by atoms with Gasteiger partial charge in [0.1, 0.15) is 5.01 Å². The summed E-state index contributed by atoms with van der Waals surface area (Å²) in [4.78, 5) is 32.5. The molecule has 2 aliphatic heterocycles. The molecule has 0 atom stereocenters. The molecule has 0 unspecified atom stereocenters. The van der Waals surface area contributed by atoms with Gasteiger partial charge in [0.25, 0.3) is 0 Å². The second-order valence-electron chi connectivity index (χ2n) is 7.90. The van der Waals surface area contributed by atoms with Crippen molar-refractivity contribution in [1.82, 2.24) is 14.8 Å². The number of hydrogen-bond donors (Lipinski definition) is 1. The van der Waals surface area contributed by atoms with E-state index in [0.717, 1.165) is 49.1 Å². The van der Waals surface area contributed by atoms with Gasteiger partial charge in [0.2, 0.25) is 5.91 Å². The molecule has 2 saturated heterocycles. The number of nitrogens with zero attached hydrogens (tertiary/aromatic N) is 3. The van der Waals surface area contributed by atoms with Crippen LogP contribution in [0, 0.1) is 5.92 Å². The zero-order chi connectivity index (χ0) is 20.9. The Labute approximate surface area is 180 Å². The maximum absolute atomic E-state index is 12.6. The standard InChI is InChI=1S/C22H27N3O4S/c26-20(25-6-4-17(5-7-25)22(27)28)13-19-15-30-21(23-19)18-3-1-2-16(12-18)14-24-8-10-29-11-9-24/h1-3,12,15,17H,4-11,13-14H2,(H,27,28). The minimum Gasteiger partial charge on any atom is -0.481 e. The van der Waals surface area contributed by atoms with E-state index < -0.39 is 5.97 Å². The molecule has 0 saturated carbocycles. The molecule has 1 aromatic heterocycles. The van der Waals surface area contributed by atoms with Gasteiger partial charge in [0, 0.05) is 43.7 Å². The minimum absolute atomic E-state index is 0.0248. The summed E-state index contributed by atoms with van der Waals surface area (Å²) < 4.78 is 5.42. The van der Waals surface area contributed by atoms with E-state index in [1.54, 1.807) is 16.2 Å². The molecule has 4 rings (SSSR count). The summed E-state index contributed by atoms with van der Waals surface area (Å²) in [5.74, 6) is -1.07. The third-order valence-electron chi connectivity index (χ3n) is 5.76. The molecule has 0 bridgehead atoms. The predicted octanol–water partition coefficient (Wildman–Crippen LogP) is 2.51. The molecule has 2 aliphatic rings. The van der Waals surface area contributed by atoms with E-state index in [9.17, 15) is 9.59 Å². The molecule has 1 aromatic carbocycles. The lowest BCUT2D eigenvalue weighted by molar-refractivity contribution is -0.145. The Bertz CT molecular complexity index is 886. The Kier molecular flexibility index (Phi) is 6.76. The maximum atomic E-state index is 12.6. The van der Waals surface area contributed by atoms with Crippen molar-refractivity contribution < 1.29 is 19.4 Å². The molecule has 8 heteroatoms. The van der Waals surface area contributed by atoms with Crippen LogP contribution in [0.25, 0.3) is 10.6 Å². The second kappa shape index (κ2) is 9.68. The van der Waals surface area contributed by atoms with E-state index in [1.165, 1.54) is 5.56 Å². The number of carbonyl (C=O) groups excluding carboxylic acids is 1. The fourth-order valence-corrected chi connectivity index (χ4v) is 4.80. The first-order valence-corrected chi connectivity index (χ1v) is 11.3. The molecule has 2 aromatic rings. The summed E-state index contributed by atoms with van der Waals surface area (Å²) in [7, 11) is 0. The van der Waals surface area contributed by atoms with Crippen molar-refractivity contribution in [3.63, 3.8) is 0 Å². The number of carboxylic acids is 1. The average molecular weight is 430 g/mol. The van der Waals surface area contributed by atoms with Gasteiger partial charge in [0.05, 0.1) is 31.2 Å². The molecule has 3 heterocycles. The summed E-state index contributed by atoms with van der Waals surface area (Å²) in [5.41, 5.74) is 3.11. The average Bonchev–Trinajstić information content (AvgIpc) is 3.23. The number of benzene rings is 1. The highest BCUT2D eigenvalue weighted by Gasteiger charge is 2.27. The number of piperidine rings is 1. The number of thiazole rings is 1. The van der Waals surface area contributed by atoms with Crippen molar-refractivity contribution in [3.05, 3.63) is 40.9 Å². The van der Waals surface area contributed by atoms with Crippen molar-refractivity contribution in [2.24, 2.45) is 5.92 Å². The van der Waals surface area contributed by atoms with Crippen LogP contribution in [0.3, 0.4) is 0 Å². The number of ether oxygens (including phenoxy) is 1. The zero-order valence-electron chi connectivity index (χ0n) is 17.0. The smallest absolute Gasteiger partial charge is 0.306 e. The first-order chi connectivity index (χ1) is 14.6. The van der Waals surface area contributed by atoms with Crippen LogP contribution in [0.15, 0.2) is 29.6 Å². The number of carbonyl (C=O) groups is 2. The van der Waals surface area contributed by atoms with Crippen LogP contribution in [0.1, 0.15) is 24.1 Å². The van der Waals surface area contributed by atoms with E-state index in [-0.39, 0.29) is 18.2 Å². The van der Waals surface area contributed by atoms with Gasteiger partial charge in [-0.05, 0) is 24.5 Å². The van der Waals surface area contributed by atoms with Crippen LogP contribution < -0.4 is 0 Å². The molecule has 1 N–H and O–H groups in total. The molecule has 2 fully saturated rings. The lowest BCUT2D eigenvalue weighted by Gasteiger charge is -2.30. The number of likely N-dealkylation sites (tertiary alicyclic amines) is 1. The fraction of sp³-hybridized carbons (Fsp3) is 0.500. The van der Waals surface area contributed by atoms with Crippen LogP contribution in [0.5, 0.6) is 0 Å². The Hall–Kier alpha value is -2.29. The number of carboxylic acid groups (broad SMARTS) is 1. The van der Waals surface area contributed by atoms with Gasteiger partial charge in [-0.15, -0.1) is 11.3 Å². The highest BCUT2D eigenvalue weighted by atomic mass is 32.1. The molecule has 0 radical (unpaired) electrons. The minimum atomic E-state index is -0.762. The van der Waals surface area contributed by atoms with Gasteiger partial charge in [0.15, 0.2) is 0 Å². The molecule has 30 heavy (non-hydrogen) atoms. The molecule has 1 amide bonds. The Morgan fingerprint density at radius 3 is 2.67 bits per heavy atom. The van der Waals surface area contributed by atoms with Crippen LogP contribution in [-0.2, 0) is 27.3 Å². The zero-order valence-corrected chi connectivity index (χ0v) is 17.8. The highest BCUT2D eigenvalue weighted by Crippen LogP contribution is 2.26. The fourth-order valence-electron chi connectivity index (χ4n) is 3.98. The Morgan fingerprint density at radius 2 is 1.93 bits per heavy atom. The van der Waals surface area contributed by atoms with Crippen molar-refractivity contribution in [2.45, 2.75) is 25.8 Å². The summed E-state index contributed by atoms with van der Waals surface area (Å²) in [6.45, 7) is 5.41. The van der Waals surface area contributed by atoms with Gasteiger partial charge in [-0.25, -0.2) is 4.98 Å². The first kappa shape index (κ1) is 21.0. The third-order valence-corrected chi connectivity index (χ3v) is 6.70. The second-order valence-corrected chi connectivity index (χ2v) is 8.76. The maximum Gasteiger partial charge on any atom is 0.306 e. The lowest BCUT2D eigenvalue weighted by Crippen LogP contribution is -2.41. The number of hydrogen-bond acceptors (Lipinski definition) is 6.